The lowest BCUT2D eigenvalue weighted by atomic mass is 10.0. The minimum absolute atomic E-state index is 0.211. The summed E-state index contributed by atoms with van der Waals surface area (Å²) in [5.74, 6) is 0. The molecule has 0 radical (unpaired) electrons. The molecule has 0 aliphatic rings. The molecule has 0 amide bonds. The van der Waals surface area contributed by atoms with E-state index in [4.69, 9.17) is 0 Å². The Morgan fingerprint density at radius 2 is 1.70 bits per heavy atom. The zero-order valence-corrected chi connectivity index (χ0v) is 15.4. The number of hydrogen-bond donors (Lipinski definition) is 1. The Morgan fingerprint density at radius 1 is 1.20 bits per heavy atom. The molecular formula is C16H28O2SSi. The summed E-state index contributed by atoms with van der Waals surface area (Å²) in [5, 5.41) is 10.2. The second-order valence-corrected chi connectivity index (χ2v) is 14.6. The van der Waals surface area contributed by atoms with Crippen molar-refractivity contribution in [2.45, 2.75) is 68.6 Å². The van der Waals surface area contributed by atoms with E-state index in [1.54, 1.807) is 13.8 Å². The second-order valence-electron chi connectivity index (χ2n) is 7.35. The fraction of sp³-hybridized carbons (Fsp3) is 0.625. The first kappa shape index (κ1) is 17.6. The molecule has 114 valence electrons. The average Bonchev–Trinajstić information content (AvgIpc) is 2.26. The highest BCUT2D eigenvalue weighted by Gasteiger charge is 2.33. The highest BCUT2D eigenvalue weighted by Crippen LogP contribution is 2.27. The van der Waals surface area contributed by atoms with Crippen LogP contribution in [0.1, 0.15) is 25.8 Å². The van der Waals surface area contributed by atoms with E-state index < -0.39 is 24.5 Å². The van der Waals surface area contributed by atoms with Gasteiger partial charge in [0.25, 0.3) is 0 Å². The predicted molar refractivity (Wildman–Crippen MR) is 90.4 cm³/mol. The van der Waals surface area contributed by atoms with Crippen molar-refractivity contribution in [2.24, 2.45) is 0 Å². The van der Waals surface area contributed by atoms with Gasteiger partial charge in [-0.3, -0.25) is 4.21 Å². The van der Waals surface area contributed by atoms with Gasteiger partial charge in [-0.15, -0.1) is 0 Å². The lowest BCUT2D eigenvalue weighted by molar-refractivity contribution is 0.0751. The smallest absolute Gasteiger partial charge is 0.0738 e. The maximum absolute atomic E-state index is 12.8. The molecule has 2 nitrogen and oxygen atoms in total. The highest BCUT2D eigenvalue weighted by molar-refractivity contribution is 7.85. The van der Waals surface area contributed by atoms with E-state index in [-0.39, 0.29) is 5.25 Å². The summed E-state index contributed by atoms with van der Waals surface area (Å²) in [7, 11) is -2.36. The van der Waals surface area contributed by atoms with Gasteiger partial charge in [0, 0.05) is 13.0 Å². The molecule has 20 heavy (non-hydrogen) atoms. The van der Waals surface area contributed by atoms with E-state index in [0.717, 1.165) is 22.9 Å². The van der Waals surface area contributed by atoms with Crippen LogP contribution in [0.5, 0.6) is 0 Å². The lowest BCUT2D eigenvalue weighted by Gasteiger charge is -2.30. The van der Waals surface area contributed by atoms with Crippen LogP contribution in [0.25, 0.3) is 0 Å². The Morgan fingerprint density at radius 3 is 2.10 bits per heavy atom. The standard InChI is InChI=1S/C16H28O2SSi/c1-13-7-9-14(10-8-13)19(18)15(16(2,3)17)11-12-20(4,5)6/h7-10,15,17H,11-12H2,1-6H3/t15-,19-/m0/s1. The fourth-order valence-electron chi connectivity index (χ4n) is 2.12. The van der Waals surface area contributed by atoms with Gasteiger partial charge in [0.15, 0.2) is 0 Å². The summed E-state index contributed by atoms with van der Waals surface area (Å²) in [4.78, 5) is 0.818. The third-order valence-electron chi connectivity index (χ3n) is 3.46. The molecule has 2 atom stereocenters. The van der Waals surface area contributed by atoms with E-state index >= 15 is 0 Å². The minimum atomic E-state index is -1.20. The van der Waals surface area contributed by atoms with Crippen LogP contribution >= 0.6 is 0 Å². The molecular weight excluding hydrogens is 284 g/mol. The highest BCUT2D eigenvalue weighted by atomic mass is 32.2. The molecule has 0 bridgehead atoms. The Hall–Kier alpha value is -0.453. The quantitative estimate of drug-likeness (QED) is 0.807. The van der Waals surface area contributed by atoms with Gasteiger partial charge in [-0.05, 0) is 39.3 Å². The molecule has 0 aliphatic heterocycles. The van der Waals surface area contributed by atoms with Gasteiger partial charge in [0.1, 0.15) is 0 Å². The van der Waals surface area contributed by atoms with E-state index in [9.17, 15) is 9.32 Å². The number of aliphatic hydroxyl groups is 1. The molecule has 0 saturated heterocycles. The van der Waals surface area contributed by atoms with E-state index in [0.29, 0.717) is 0 Å². The lowest BCUT2D eigenvalue weighted by Crippen LogP contribution is -2.40. The van der Waals surface area contributed by atoms with Crippen molar-refractivity contribution < 1.29 is 9.32 Å². The average molecular weight is 313 g/mol. The van der Waals surface area contributed by atoms with E-state index in [1.807, 2.05) is 31.2 Å². The van der Waals surface area contributed by atoms with Crippen molar-refractivity contribution in [3.05, 3.63) is 29.8 Å². The van der Waals surface area contributed by atoms with Crippen molar-refractivity contribution in [1.29, 1.82) is 0 Å². The molecule has 0 aromatic heterocycles. The topological polar surface area (TPSA) is 37.3 Å². The molecule has 1 N–H and O–H groups in total. The molecule has 0 spiro atoms. The van der Waals surface area contributed by atoms with Crippen molar-refractivity contribution in [1.82, 2.24) is 0 Å². The minimum Gasteiger partial charge on any atom is -0.389 e. The van der Waals surface area contributed by atoms with Crippen LogP contribution in [-0.4, -0.2) is 28.2 Å². The number of aryl methyl sites for hydroxylation is 1. The third-order valence-corrected chi connectivity index (χ3v) is 7.31. The third kappa shape index (κ3) is 5.50. The van der Waals surface area contributed by atoms with Gasteiger partial charge in [-0.25, -0.2) is 0 Å². The first-order valence-electron chi connectivity index (χ1n) is 7.20. The SMILES string of the molecule is Cc1ccc([S@](=O)[C@@H](CC[Si](C)(C)C)C(C)(C)O)cc1. The Balaban J connectivity index is 2.93. The fourth-order valence-corrected chi connectivity index (χ4v) is 5.08. The second kappa shape index (κ2) is 6.54. The maximum atomic E-state index is 12.8. The summed E-state index contributed by atoms with van der Waals surface area (Å²) in [6.07, 6.45) is 0.819. The van der Waals surface area contributed by atoms with Crippen LogP contribution in [0.2, 0.25) is 25.7 Å². The molecule has 0 unspecified atom stereocenters. The van der Waals surface area contributed by atoms with Crippen LogP contribution in [0.3, 0.4) is 0 Å². The number of hydrogen-bond acceptors (Lipinski definition) is 2. The summed E-state index contributed by atoms with van der Waals surface area (Å²) in [5.41, 5.74) is 0.239. The monoisotopic (exact) mass is 312 g/mol. The Kier molecular flexibility index (Phi) is 5.76. The van der Waals surface area contributed by atoms with E-state index in [1.165, 1.54) is 0 Å². The molecule has 0 heterocycles. The van der Waals surface area contributed by atoms with Crippen molar-refractivity contribution >= 4 is 18.9 Å². The Labute approximate surface area is 127 Å². The van der Waals surface area contributed by atoms with Gasteiger partial charge in [-0.1, -0.05) is 43.4 Å². The predicted octanol–water partition coefficient (Wildman–Crippen LogP) is 3.97. The van der Waals surface area contributed by atoms with Crippen LogP contribution in [-0.2, 0) is 10.8 Å². The van der Waals surface area contributed by atoms with Gasteiger partial charge < -0.3 is 5.11 Å². The molecule has 0 saturated carbocycles. The van der Waals surface area contributed by atoms with Gasteiger partial charge in [-0.2, -0.15) is 0 Å². The van der Waals surface area contributed by atoms with Crippen molar-refractivity contribution in [2.75, 3.05) is 0 Å². The van der Waals surface area contributed by atoms with Gasteiger partial charge in [0.05, 0.1) is 21.7 Å². The molecule has 1 aromatic carbocycles. The maximum Gasteiger partial charge on any atom is 0.0738 e. The van der Waals surface area contributed by atoms with Gasteiger partial charge >= 0.3 is 0 Å². The normalized spacial score (nSPS) is 15.9. The first-order valence-corrected chi connectivity index (χ1v) is 12.1. The summed E-state index contributed by atoms with van der Waals surface area (Å²) >= 11 is 0. The zero-order chi connectivity index (χ0) is 15.6. The van der Waals surface area contributed by atoms with Gasteiger partial charge in [0.2, 0.25) is 0 Å². The number of benzene rings is 1. The molecule has 1 aromatic rings. The van der Waals surface area contributed by atoms with Crippen LogP contribution in [0.15, 0.2) is 29.2 Å². The molecule has 4 heteroatoms. The summed E-state index contributed by atoms with van der Waals surface area (Å²) < 4.78 is 12.8. The first-order chi connectivity index (χ1) is 9.00. The van der Waals surface area contributed by atoms with Crippen LogP contribution < -0.4 is 0 Å². The molecule has 0 aliphatic carbocycles. The number of rotatable bonds is 6. The zero-order valence-electron chi connectivity index (χ0n) is 13.6. The van der Waals surface area contributed by atoms with Crippen LogP contribution in [0.4, 0.5) is 0 Å². The van der Waals surface area contributed by atoms with Crippen molar-refractivity contribution in [3.63, 3.8) is 0 Å². The van der Waals surface area contributed by atoms with E-state index in [2.05, 4.69) is 19.6 Å². The summed E-state index contributed by atoms with van der Waals surface area (Å²) in [6.45, 7) is 12.5. The van der Waals surface area contributed by atoms with Crippen molar-refractivity contribution in [3.8, 4) is 0 Å². The summed E-state index contributed by atoms with van der Waals surface area (Å²) in [6, 6.07) is 8.87. The Bertz CT molecular complexity index is 455. The molecule has 1 rings (SSSR count). The molecule has 0 fully saturated rings. The van der Waals surface area contributed by atoms with Crippen LogP contribution in [0, 0.1) is 6.92 Å². The largest absolute Gasteiger partial charge is 0.389 e.